The Morgan fingerprint density at radius 2 is 2.04 bits per heavy atom. The maximum atomic E-state index is 12.7. The van der Waals surface area contributed by atoms with Crippen LogP contribution in [-0.2, 0) is 0 Å². The standard InChI is InChI=1S/C17H13BrF2N2O2/c18-9-5-6-11-13(7-9)22-12(8-14(23)16(22)21-11)10-3-1-2-4-15(10)24-17(19)20/h1-7,12,14,17,23H,8H2/t12-,14+/m1/s1. The summed E-state index contributed by atoms with van der Waals surface area (Å²) in [6, 6.07) is 12.0. The molecule has 7 heteroatoms. The molecule has 3 aromatic rings. The number of hydrogen-bond acceptors (Lipinski definition) is 3. The quantitative estimate of drug-likeness (QED) is 0.714. The van der Waals surface area contributed by atoms with Crippen LogP contribution in [0.2, 0.25) is 0 Å². The fourth-order valence-corrected chi connectivity index (χ4v) is 3.64. The van der Waals surface area contributed by atoms with Crippen LogP contribution in [0.3, 0.4) is 0 Å². The number of hydrogen-bond donors (Lipinski definition) is 1. The topological polar surface area (TPSA) is 47.3 Å². The van der Waals surface area contributed by atoms with E-state index in [1.165, 1.54) is 6.07 Å². The van der Waals surface area contributed by atoms with Crippen LogP contribution in [-0.4, -0.2) is 21.3 Å². The van der Waals surface area contributed by atoms with Crippen LogP contribution in [0.5, 0.6) is 5.75 Å². The van der Waals surface area contributed by atoms with Gasteiger partial charge in [0.25, 0.3) is 0 Å². The summed E-state index contributed by atoms with van der Waals surface area (Å²) < 4.78 is 32.9. The van der Waals surface area contributed by atoms with E-state index in [9.17, 15) is 13.9 Å². The Kier molecular flexibility index (Phi) is 3.77. The zero-order valence-corrected chi connectivity index (χ0v) is 14.0. The highest BCUT2D eigenvalue weighted by Gasteiger charge is 2.35. The number of nitrogens with zero attached hydrogens (tertiary/aromatic N) is 2. The second kappa shape index (κ2) is 5.82. The lowest BCUT2D eigenvalue weighted by atomic mass is 10.0. The Balaban J connectivity index is 1.89. The van der Waals surface area contributed by atoms with Crippen LogP contribution < -0.4 is 4.74 Å². The number of ether oxygens (including phenoxy) is 1. The van der Waals surface area contributed by atoms with Crippen LogP contribution in [0.1, 0.15) is 30.0 Å². The molecule has 124 valence electrons. The molecular weight excluding hydrogens is 382 g/mol. The second-order valence-electron chi connectivity index (χ2n) is 5.66. The first-order valence-corrected chi connectivity index (χ1v) is 8.23. The lowest BCUT2D eigenvalue weighted by Crippen LogP contribution is -2.10. The molecule has 0 spiro atoms. The molecule has 0 unspecified atom stereocenters. The van der Waals surface area contributed by atoms with Crippen molar-refractivity contribution in [2.24, 2.45) is 0 Å². The molecule has 1 aliphatic rings. The zero-order valence-electron chi connectivity index (χ0n) is 12.4. The summed E-state index contributed by atoms with van der Waals surface area (Å²) in [4.78, 5) is 4.48. The lowest BCUT2D eigenvalue weighted by Gasteiger charge is -2.18. The van der Waals surface area contributed by atoms with Crippen LogP contribution in [0.25, 0.3) is 11.0 Å². The summed E-state index contributed by atoms with van der Waals surface area (Å²) in [6.07, 6.45) is -0.380. The lowest BCUT2D eigenvalue weighted by molar-refractivity contribution is -0.0507. The van der Waals surface area contributed by atoms with Crippen LogP contribution >= 0.6 is 15.9 Å². The van der Waals surface area contributed by atoms with Gasteiger partial charge in [-0.2, -0.15) is 8.78 Å². The second-order valence-corrected chi connectivity index (χ2v) is 6.57. The molecule has 2 atom stereocenters. The van der Waals surface area contributed by atoms with E-state index in [0.29, 0.717) is 17.8 Å². The summed E-state index contributed by atoms with van der Waals surface area (Å²) in [7, 11) is 0. The molecule has 0 aliphatic carbocycles. The van der Waals surface area contributed by atoms with E-state index < -0.39 is 12.7 Å². The van der Waals surface area contributed by atoms with Gasteiger partial charge in [-0.15, -0.1) is 0 Å². The molecule has 2 heterocycles. The number of benzene rings is 2. The minimum Gasteiger partial charge on any atom is -0.434 e. The maximum absolute atomic E-state index is 12.7. The van der Waals surface area contributed by atoms with Crippen molar-refractivity contribution >= 4 is 27.0 Å². The molecule has 0 saturated heterocycles. The van der Waals surface area contributed by atoms with Crippen LogP contribution in [0, 0.1) is 0 Å². The predicted molar refractivity (Wildman–Crippen MR) is 88.2 cm³/mol. The molecule has 0 radical (unpaired) electrons. The van der Waals surface area contributed by atoms with Gasteiger partial charge in [-0.25, -0.2) is 4.98 Å². The third kappa shape index (κ3) is 2.48. The number of para-hydroxylation sites is 1. The number of halogens is 3. The Hall–Kier alpha value is -1.99. The zero-order chi connectivity index (χ0) is 16.8. The summed E-state index contributed by atoms with van der Waals surface area (Å²) in [6.45, 7) is -2.90. The summed E-state index contributed by atoms with van der Waals surface area (Å²) in [5.41, 5.74) is 2.20. The van der Waals surface area contributed by atoms with Crippen molar-refractivity contribution in [1.29, 1.82) is 0 Å². The minimum atomic E-state index is -2.90. The minimum absolute atomic E-state index is 0.120. The Labute approximate surface area is 144 Å². The third-order valence-corrected chi connectivity index (χ3v) is 4.72. The number of rotatable bonds is 3. The third-order valence-electron chi connectivity index (χ3n) is 4.23. The average molecular weight is 395 g/mol. The van der Waals surface area contributed by atoms with Gasteiger partial charge in [-0.1, -0.05) is 34.1 Å². The molecule has 1 N–H and O–H groups in total. The van der Waals surface area contributed by atoms with Gasteiger partial charge >= 0.3 is 6.61 Å². The van der Waals surface area contributed by atoms with Crippen molar-refractivity contribution in [3.05, 3.63) is 58.3 Å². The van der Waals surface area contributed by atoms with Crippen molar-refractivity contribution in [2.75, 3.05) is 0 Å². The fraction of sp³-hybridized carbons (Fsp3) is 0.235. The van der Waals surface area contributed by atoms with Crippen LogP contribution in [0.4, 0.5) is 8.78 Å². The number of alkyl halides is 2. The molecule has 0 amide bonds. The fourth-order valence-electron chi connectivity index (χ4n) is 3.29. The first-order valence-electron chi connectivity index (χ1n) is 7.44. The Morgan fingerprint density at radius 1 is 1.25 bits per heavy atom. The number of aliphatic hydroxyl groups is 1. The number of aliphatic hydroxyl groups excluding tert-OH is 1. The number of fused-ring (bicyclic) bond motifs is 3. The van der Waals surface area contributed by atoms with Gasteiger partial charge in [0.15, 0.2) is 0 Å². The molecule has 24 heavy (non-hydrogen) atoms. The maximum Gasteiger partial charge on any atom is 0.387 e. The van der Waals surface area contributed by atoms with Crippen molar-refractivity contribution in [3.8, 4) is 5.75 Å². The van der Waals surface area contributed by atoms with Gasteiger partial charge in [0, 0.05) is 16.5 Å². The van der Waals surface area contributed by atoms with E-state index in [2.05, 4.69) is 25.7 Å². The van der Waals surface area contributed by atoms with Gasteiger partial charge in [-0.05, 0) is 24.3 Å². The van der Waals surface area contributed by atoms with Crippen molar-refractivity contribution in [3.63, 3.8) is 0 Å². The molecule has 4 nitrogen and oxygen atoms in total. The number of aromatic nitrogens is 2. The smallest absolute Gasteiger partial charge is 0.387 e. The van der Waals surface area contributed by atoms with E-state index in [-0.39, 0.29) is 11.8 Å². The van der Waals surface area contributed by atoms with E-state index in [4.69, 9.17) is 0 Å². The Bertz CT molecular complexity index is 913. The molecule has 1 aliphatic heterocycles. The van der Waals surface area contributed by atoms with Gasteiger partial charge in [0.1, 0.15) is 17.7 Å². The molecule has 0 fully saturated rings. The predicted octanol–water partition coefficient (Wildman–Crippen LogP) is 4.43. The Morgan fingerprint density at radius 3 is 2.83 bits per heavy atom. The SMILES string of the molecule is O[C@H]1C[C@H](c2ccccc2OC(F)F)n2c1nc1ccc(Br)cc12. The molecule has 4 rings (SSSR count). The highest BCUT2D eigenvalue weighted by Crippen LogP contribution is 2.44. The van der Waals surface area contributed by atoms with Crippen molar-refractivity contribution in [2.45, 2.75) is 25.2 Å². The molecule has 0 bridgehead atoms. The van der Waals surface area contributed by atoms with Gasteiger partial charge in [0.05, 0.1) is 17.1 Å². The van der Waals surface area contributed by atoms with E-state index in [1.807, 2.05) is 22.8 Å². The van der Waals surface area contributed by atoms with E-state index in [0.717, 1.165) is 15.5 Å². The van der Waals surface area contributed by atoms with Crippen molar-refractivity contribution < 1.29 is 18.6 Å². The summed E-state index contributed by atoms with van der Waals surface area (Å²) >= 11 is 3.44. The first kappa shape index (κ1) is 15.5. The molecule has 0 saturated carbocycles. The van der Waals surface area contributed by atoms with E-state index in [1.54, 1.807) is 18.2 Å². The van der Waals surface area contributed by atoms with Gasteiger partial charge in [-0.3, -0.25) is 0 Å². The largest absolute Gasteiger partial charge is 0.434 e. The van der Waals surface area contributed by atoms with Gasteiger partial charge in [0.2, 0.25) is 0 Å². The normalized spacial score (nSPS) is 19.9. The average Bonchev–Trinajstić information content (AvgIpc) is 3.05. The highest BCUT2D eigenvalue weighted by atomic mass is 79.9. The monoisotopic (exact) mass is 394 g/mol. The van der Waals surface area contributed by atoms with Crippen LogP contribution in [0.15, 0.2) is 46.9 Å². The van der Waals surface area contributed by atoms with Gasteiger partial charge < -0.3 is 14.4 Å². The molecule has 2 aromatic carbocycles. The summed E-state index contributed by atoms with van der Waals surface area (Å²) in [5.74, 6) is 0.661. The number of imidazole rings is 1. The molecule has 1 aromatic heterocycles. The molecular formula is C17H13BrF2N2O2. The van der Waals surface area contributed by atoms with E-state index >= 15 is 0 Å². The summed E-state index contributed by atoms with van der Waals surface area (Å²) in [5, 5.41) is 10.4. The first-order chi connectivity index (χ1) is 11.5. The van der Waals surface area contributed by atoms with Crippen molar-refractivity contribution in [1.82, 2.24) is 9.55 Å². The highest BCUT2D eigenvalue weighted by molar-refractivity contribution is 9.10.